The standard InChI is InChI=1S/C17H16F2N2O2/c1-21(9-8-11-4-2-3-5-14(11)18)17(23)13-10-12(16(20)22)6-7-15(13)19/h2-7,10H,8-9H2,1H3,(H2,20,22). The Labute approximate surface area is 132 Å². The molecule has 2 amide bonds. The zero-order valence-corrected chi connectivity index (χ0v) is 12.6. The summed E-state index contributed by atoms with van der Waals surface area (Å²) in [5.41, 5.74) is 5.42. The van der Waals surface area contributed by atoms with Crippen molar-refractivity contribution in [3.05, 3.63) is 70.8 Å². The molecule has 0 aliphatic carbocycles. The predicted octanol–water partition coefficient (Wildman–Crippen LogP) is 2.38. The summed E-state index contributed by atoms with van der Waals surface area (Å²) in [5, 5.41) is 0. The van der Waals surface area contributed by atoms with E-state index in [2.05, 4.69) is 0 Å². The number of hydrogen-bond donors (Lipinski definition) is 1. The van der Waals surface area contributed by atoms with E-state index in [1.165, 1.54) is 24.1 Å². The molecule has 0 unspecified atom stereocenters. The van der Waals surface area contributed by atoms with E-state index < -0.39 is 17.6 Å². The number of likely N-dealkylation sites (N-methyl/N-ethyl adjacent to an activating group) is 1. The number of hydrogen-bond acceptors (Lipinski definition) is 2. The summed E-state index contributed by atoms with van der Waals surface area (Å²) in [6, 6.07) is 9.62. The number of benzene rings is 2. The molecule has 2 aromatic rings. The predicted molar refractivity (Wildman–Crippen MR) is 82.0 cm³/mol. The molecule has 6 heteroatoms. The molecule has 2 aromatic carbocycles. The van der Waals surface area contributed by atoms with Gasteiger partial charge in [-0.3, -0.25) is 9.59 Å². The van der Waals surface area contributed by atoms with Crippen molar-refractivity contribution in [3.63, 3.8) is 0 Å². The molecule has 0 atom stereocenters. The summed E-state index contributed by atoms with van der Waals surface area (Å²) in [5.74, 6) is -2.43. The van der Waals surface area contributed by atoms with Gasteiger partial charge in [-0.25, -0.2) is 8.78 Å². The van der Waals surface area contributed by atoms with Crippen LogP contribution in [-0.2, 0) is 6.42 Å². The monoisotopic (exact) mass is 318 g/mol. The molecular formula is C17H16F2N2O2. The van der Waals surface area contributed by atoms with Gasteiger partial charge in [-0.1, -0.05) is 18.2 Å². The van der Waals surface area contributed by atoms with Gasteiger partial charge in [-0.2, -0.15) is 0 Å². The van der Waals surface area contributed by atoms with E-state index in [0.29, 0.717) is 12.0 Å². The minimum Gasteiger partial charge on any atom is -0.366 e. The second-order valence-electron chi connectivity index (χ2n) is 5.13. The SMILES string of the molecule is CN(CCc1ccccc1F)C(=O)c1cc(C(N)=O)ccc1F. The zero-order valence-electron chi connectivity index (χ0n) is 12.6. The van der Waals surface area contributed by atoms with E-state index in [1.54, 1.807) is 18.2 Å². The third kappa shape index (κ3) is 3.91. The van der Waals surface area contributed by atoms with Crippen LogP contribution in [0.15, 0.2) is 42.5 Å². The van der Waals surface area contributed by atoms with Crippen LogP contribution in [0.2, 0.25) is 0 Å². The topological polar surface area (TPSA) is 63.4 Å². The van der Waals surface area contributed by atoms with Crippen molar-refractivity contribution >= 4 is 11.8 Å². The third-order valence-corrected chi connectivity index (χ3v) is 3.50. The number of nitrogens with two attached hydrogens (primary N) is 1. The highest BCUT2D eigenvalue weighted by atomic mass is 19.1. The second-order valence-corrected chi connectivity index (χ2v) is 5.13. The number of amides is 2. The summed E-state index contributed by atoms with van der Waals surface area (Å²) in [6.45, 7) is 0.208. The fourth-order valence-electron chi connectivity index (χ4n) is 2.14. The lowest BCUT2D eigenvalue weighted by molar-refractivity contribution is 0.0791. The first-order valence-electron chi connectivity index (χ1n) is 6.98. The van der Waals surface area contributed by atoms with Crippen LogP contribution >= 0.6 is 0 Å². The fraction of sp³-hybridized carbons (Fsp3) is 0.176. The van der Waals surface area contributed by atoms with Gasteiger partial charge in [0, 0.05) is 19.2 Å². The van der Waals surface area contributed by atoms with E-state index >= 15 is 0 Å². The Morgan fingerprint density at radius 1 is 1.09 bits per heavy atom. The molecule has 0 bridgehead atoms. The number of nitrogens with zero attached hydrogens (tertiary/aromatic N) is 1. The molecular weight excluding hydrogens is 302 g/mol. The third-order valence-electron chi connectivity index (χ3n) is 3.50. The van der Waals surface area contributed by atoms with Crippen LogP contribution in [0.4, 0.5) is 8.78 Å². The van der Waals surface area contributed by atoms with E-state index in [9.17, 15) is 18.4 Å². The maximum absolute atomic E-state index is 13.8. The molecule has 0 fully saturated rings. The van der Waals surface area contributed by atoms with Crippen LogP contribution in [0.25, 0.3) is 0 Å². The van der Waals surface area contributed by atoms with Crippen molar-refractivity contribution in [1.29, 1.82) is 0 Å². The highest BCUT2D eigenvalue weighted by Crippen LogP contribution is 2.14. The van der Waals surface area contributed by atoms with Crippen LogP contribution in [0.1, 0.15) is 26.3 Å². The average Bonchev–Trinajstić information content (AvgIpc) is 2.53. The van der Waals surface area contributed by atoms with Gasteiger partial charge in [0.25, 0.3) is 5.91 Å². The molecule has 2 N–H and O–H groups in total. The first-order valence-corrected chi connectivity index (χ1v) is 6.98. The Bertz CT molecular complexity index is 747. The van der Waals surface area contributed by atoms with Gasteiger partial charge in [0.1, 0.15) is 11.6 Å². The molecule has 23 heavy (non-hydrogen) atoms. The largest absolute Gasteiger partial charge is 0.366 e. The Morgan fingerprint density at radius 2 is 1.78 bits per heavy atom. The van der Waals surface area contributed by atoms with Gasteiger partial charge < -0.3 is 10.6 Å². The Kier molecular flexibility index (Phi) is 5.05. The highest BCUT2D eigenvalue weighted by molar-refractivity contribution is 5.99. The van der Waals surface area contributed by atoms with Gasteiger partial charge in [0.15, 0.2) is 0 Å². The van der Waals surface area contributed by atoms with E-state index in [4.69, 9.17) is 5.73 Å². The van der Waals surface area contributed by atoms with Gasteiger partial charge in [0.05, 0.1) is 5.56 Å². The first kappa shape index (κ1) is 16.6. The quantitative estimate of drug-likeness (QED) is 0.920. The van der Waals surface area contributed by atoms with Crippen molar-refractivity contribution < 1.29 is 18.4 Å². The molecule has 0 radical (unpaired) electrons. The van der Waals surface area contributed by atoms with E-state index in [-0.39, 0.29) is 23.5 Å². The summed E-state index contributed by atoms with van der Waals surface area (Å²) in [4.78, 5) is 24.7. The molecule has 0 spiro atoms. The van der Waals surface area contributed by atoms with Crippen LogP contribution < -0.4 is 5.73 Å². The zero-order chi connectivity index (χ0) is 17.0. The lowest BCUT2D eigenvalue weighted by Gasteiger charge is -2.18. The molecule has 0 saturated carbocycles. The van der Waals surface area contributed by atoms with Crippen molar-refractivity contribution in [1.82, 2.24) is 4.90 Å². The van der Waals surface area contributed by atoms with Gasteiger partial charge in [0.2, 0.25) is 5.91 Å². The molecule has 0 saturated heterocycles. The number of halogens is 2. The lowest BCUT2D eigenvalue weighted by atomic mass is 10.1. The lowest BCUT2D eigenvalue weighted by Crippen LogP contribution is -2.30. The van der Waals surface area contributed by atoms with E-state index in [0.717, 1.165) is 12.1 Å². The van der Waals surface area contributed by atoms with Crippen LogP contribution in [0.5, 0.6) is 0 Å². The van der Waals surface area contributed by atoms with Crippen molar-refractivity contribution in [2.45, 2.75) is 6.42 Å². The normalized spacial score (nSPS) is 10.4. The smallest absolute Gasteiger partial charge is 0.256 e. The van der Waals surface area contributed by atoms with Crippen molar-refractivity contribution in [3.8, 4) is 0 Å². The molecule has 0 aliphatic heterocycles. The number of rotatable bonds is 5. The summed E-state index contributed by atoms with van der Waals surface area (Å²) in [6.07, 6.45) is 0.298. The second kappa shape index (κ2) is 7.00. The number of carbonyl (C=O) groups excluding carboxylic acids is 2. The van der Waals surface area contributed by atoms with Gasteiger partial charge >= 0.3 is 0 Å². The summed E-state index contributed by atoms with van der Waals surface area (Å²) in [7, 11) is 1.49. The fourth-order valence-corrected chi connectivity index (χ4v) is 2.14. The molecule has 4 nitrogen and oxygen atoms in total. The Balaban J connectivity index is 2.12. The minimum atomic E-state index is -0.743. The number of primary amides is 1. The van der Waals surface area contributed by atoms with Crippen LogP contribution in [0, 0.1) is 11.6 Å². The first-order chi connectivity index (χ1) is 10.9. The molecule has 0 aliphatic rings. The number of carbonyl (C=O) groups is 2. The van der Waals surface area contributed by atoms with E-state index in [1.807, 2.05) is 0 Å². The Hall–Kier alpha value is -2.76. The molecule has 0 heterocycles. The maximum atomic E-state index is 13.8. The van der Waals surface area contributed by atoms with Crippen molar-refractivity contribution in [2.75, 3.05) is 13.6 Å². The van der Waals surface area contributed by atoms with Gasteiger partial charge in [-0.15, -0.1) is 0 Å². The average molecular weight is 318 g/mol. The van der Waals surface area contributed by atoms with Gasteiger partial charge in [-0.05, 0) is 36.2 Å². The summed E-state index contributed by atoms with van der Waals surface area (Å²) < 4.78 is 27.4. The molecule has 0 aromatic heterocycles. The van der Waals surface area contributed by atoms with Crippen LogP contribution in [0.3, 0.4) is 0 Å². The van der Waals surface area contributed by atoms with Crippen LogP contribution in [-0.4, -0.2) is 30.3 Å². The molecule has 120 valence electrons. The summed E-state index contributed by atoms with van der Waals surface area (Å²) >= 11 is 0. The minimum absolute atomic E-state index is 0.0530. The maximum Gasteiger partial charge on any atom is 0.256 e. The van der Waals surface area contributed by atoms with Crippen molar-refractivity contribution in [2.24, 2.45) is 5.73 Å². The molecule has 2 rings (SSSR count). The Morgan fingerprint density at radius 3 is 2.43 bits per heavy atom. The highest BCUT2D eigenvalue weighted by Gasteiger charge is 2.18.